The van der Waals surface area contributed by atoms with E-state index in [1.54, 1.807) is 30.3 Å². The van der Waals surface area contributed by atoms with Crippen molar-refractivity contribution in [2.45, 2.75) is 6.43 Å². The van der Waals surface area contributed by atoms with Gasteiger partial charge in [-0.05, 0) is 29.8 Å². The number of hydrogen-bond donors (Lipinski definition) is 1. The Labute approximate surface area is 153 Å². The van der Waals surface area contributed by atoms with Gasteiger partial charge in [-0.25, -0.2) is 13.2 Å². The summed E-state index contributed by atoms with van der Waals surface area (Å²) in [7, 11) is 0. The molecule has 3 aromatic carbocycles. The quantitative estimate of drug-likeness (QED) is 0.566. The summed E-state index contributed by atoms with van der Waals surface area (Å²) in [6.45, 7) is 0. The van der Waals surface area contributed by atoms with Crippen LogP contribution in [0.15, 0.2) is 66.7 Å². The summed E-state index contributed by atoms with van der Waals surface area (Å²) in [6.07, 6.45) is -2.77. The average molecular weight is 376 g/mol. The van der Waals surface area contributed by atoms with E-state index in [4.69, 9.17) is 11.6 Å². The van der Waals surface area contributed by atoms with Crippen molar-refractivity contribution in [3.05, 3.63) is 88.7 Å². The van der Waals surface area contributed by atoms with Crippen molar-refractivity contribution < 1.29 is 18.0 Å². The van der Waals surface area contributed by atoms with E-state index in [1.165, 1.54) is 36.4 Å². The number of halogens is 4. The van der Waals surface area contributed by atoms with Crippen LogP contribution in [0.25, 0.3) is 11.1 Å². The van der Waals surface area contributed by atoms with Crippen molar-refractivity contribution in [3.63, 3.8) is 0 Å². The number of nitrogens with one attached hydrogen (secondary N) is 1. The van der Waals surface area contributed by atoms with E-state index < -0.39 is 18.1 Å². The highest BCUT2D eigenvalue weighted by molar-refractivity contribution is 6.30. The molecule has 3 rings (SSSR count). The van der Waals surface area contributed by atoms with Crippen LogP contribution in [0.4, 0.5) is 18.9 Å². The number of amides is 1. The summed E-state index contributed by atoms with van der Waals surface area (Å²) in [6, 6.07) is 16.5. The Morgan fingerprint density at radius 1 is 0.962 bits per heavy atom. The zero-order valence-electron chi connectivity index (χ0n) is 13.3. The molecule has 0 spiro atoms. The van der Waals surface area contributed by atoms with Gasteiger partial charge >= 0.3 is 0 Å². The number of rotatable bonds is 4. The van der Waals surface area contributed by atoms with Gasteiger partial charge in [0.15, 0.2) is 0 Å². The van der Waals surface area contributed by atoms with Crippen molar-refractivity contribution >= 4 is 23.2 Å². The fraction of sp³-hybridized carbons (Fsp3) is 0.0500. The van der Waals surface area contributed by atoms with Crippen molar-refractivity contribution in [1.82, 2.24) is 0 Å². The van der Waals surface area contributed by atoms with Gasteiger partial charge in [0, 0.05) is 22.4 Å². The van der Waals surface area contributed by atoms with Gasteiger partial charge < -0.3 is 5.32 Å². The minimum atomic E-state index is -2.77. The molecule has 0 atom stereocenters. The Bertz CT molecular complexity index is 959. The van der Waals surface area contributed by atoms with Gasteiger partial charge in [-0.15, -0.1) is 0 Å². The van der Waals surface area contributed by atoms with E-state index in [0.29, 0.717) is 16.8 Å². The van der Waals surface area contributed by atoms with Crippen LogP contribution in [0.3, 0.4) is 0 Å². The molecule has 0 radical (unpaired) electrons. The van der Waals surface area contributed by atoms with Crippen molar-refractivity contribution in [2.75, 3.05) is 5.32 Å². The summed E-state index contributed by atoms with van der Waals surface area (Å²) in [5, 5.41) is 2.61. The first-order chi connectivity index (χ1) is 12.5. The van der Waals surface area contributed by atoms with Gasteiger partial charge in [-0.1, -0.05) is 54.1 Å². The third-order valence-electron chi connectivity index (χ3n) is 3.85. The number of hydrogen-bond acceptors (Lipinski definition) is 1. The van der Waals surface area contributed by atoms with Crippen LogP contribution in [0.1, 0.15) is 22.3 Å². The first kappa shape index (κ1) is 18.0. The molecule has 0 aliphatic carbocycles. The van der Waals surface area contributed by atoms with E-state index in [9.17, 15) is 18.0 Å². The van der Waals surface area contributed by atoms with Crippen molar-refractivity contribution in [2.24, 2.45) is 0 Å². The smallest absolute Gasteiger partial charge is 0.264 e. The lowest BCUT2D eigenvalue weighted by Crippen LogP contribution is -2.15. The van der Waals surface area contributed by atoms with Crippen LogP contribution in [-0.4, -0.2) is 5.91 Å². The largest absolute Gasteiger partial charge is 0.321 e. The van der Waals surface area contributed by atoms with Crippen LogP contribution >= 0.6 is 11.6 Å². The molecule has 0 fully saturated rings. The van der Waals surface area contributed by atoms with E-state index in [2.05, 4.69) is 5.32 Å². The normalized spacial score (nSPS) is 10.8. The van der Waals surface area contributed by atoms with Gasteiger partial charge in [0.1, 0.15) is 5.82 Å². The summed E-state index contributed by atoms with van der Waals surface area (Å²) in [5.41, 5.74) is 0.971. The minimum Gasteiger partial charge on any atom is -0.321 e. The highest BCUT2D eigenvalue weighted by atomic mass is 35.5. The maximum Gasteiger partial charge on any atom is 0.264 e. The van der Waals surface area contributed by atoms with Gasteiger partial charge in [-0.3, -0.25) is 4.79 Å². The predicted molar refractivity (Wildman–Crippen MR) is 96.2 cm³/mol. The molecule has 0 aliphatic rings. The third kappa shape index (κ3) is 3.73. The lowest BCUT2D eigenvalue weighted by molar-refractivity contribution is 0.101. The molecule has 2 nitrogen and oxygen atoms in total. The van der Waals surface area contributed by atoms with E-state index >= 15 is 0 Å². The van der Waals surface area contributed by atoms with E-state index in [-0.39, 0.29) is 16.1 Å². The number of anilines is 1. The molecule has 6 heteroatoms. The highest BCUT2D eigenvalue weighted by Gasteiger charge is 2.18. The molecular formula is C20H13ClF3NO. The standard InChI is InChI=1S/C20H13ClF3NO/c21-16-10-9-12(11-17(16)22)13-5-3-4-8-18(13)25-20(26)15-7-2-1-6-14(15)19(23)24/h1-11,19H,(H,25,26). The zero-order valence-corrected chi connectivity index (χ0v) is 14.1. The second-order valence-electron chi connectivity index (χ2n) is 5.52. The monoisotopic (exact) mass is 375 g/mol. The minimum absolute atomic E-state index is 0.0128. The SMILES string of the molecule is O=C(Nc1ccccc1-c1ccc(Cl)c(F)c1)c1ccccc1C(F)F. The average Bonchev–Trinajstić information content (AvgIpc) is 2.64. The number of benzene rings is 3. The van der Waals surface area contributed by atoms with Gasteiger partial charge in [0.05, 0.1) is 5.02 Å². The van der Waals surface area contributed by atoms with Crippen LogP contribution < -0.4 is 5.32 Å². The summed E-state index contributed by atoms with van der Waals surface area (Å²) >= 11 is 5.70. The number of carbonyl (C=O) groups excluding carboxylic acids is 1. The molecule has 0 aliphatic heterocycles. The lowest BCUT2D eigenvalue weighted by Gasteiger charge is -2.13. The molecule has 1 amide bonds. The molecule has 0 heterocycles. The summed E-state index contributed by atoms with van der Waals surface area (Å²) in [5.74, 6) is -1.25. The predicted octanol–water partition coefficient (Wildman–Crippen LogP) is 6.34. The Morgan fingerprint density at radius 2 is 1.65 bits per heavy atom. The molecular weight excluding hydrogens is 363 g/mol. The summed E-state index contributed by atoms with van der Waals surface area (Å²) in [4.78, 5) is 12.5. The lowest BCUT2D eigenvalue weighted by atomic mass is 10.0. The Morgan fingerprint density at radius 3 is 2.38 bits per heavy atom. The molecule has 26 heavy (non-hydrogen) atoms. The topological polar surface area (TPSA) is 29.1 Å². The Kier molecular flexibility index (Phi) is 5.28. The first-order valence-corrected chi connectivity index (χ1v) is 8.08. The maximum atomic E-state index is 13.8. The number of para-hydroxylation sites is 1. The van der Waals surface area contributed by atoms with Crippen LogP contribution in [0, 0.1) is 5.82 Å². The molecule has 0 saturated heterocycles. The first-order valence-electron chi connectivity index (χ1n) is 7.70. The molecule has 0 saturated carbocycles. The van der Waals surface area contributed by atoms with Crippen molar-refractivity contribution in [3.8, 4) is 11.1 Å². The molecule has 3 aromatic rings. The molecule has 0 aromatic heterocycles. The third-order valence-corrected chi connectivity index (χ3v) is 4.15. The van der Waals surface area contributed by atoms with E-state index in [0.717, 1.165) is 0 Å². The summed E-state index contributed by atoms with van der Waals surface area (Å²) < 4.78 is 40.0. The number of alkyl halides is 2. The van der Waals surface area contributed by atoms with Gasteiger partial charge in [-0.2, -0.15) is 0 Å². The Balaban J connectivity index is 1.97. The second-order valence-corrected chi connectivity index (χ2v) is 5.92. The Hall–Kier alpha value is -2.79. The molecule has 0 unspecified atom stereocenters. The molecule has 1 N–H and O–H groups in total. The van der Waals surface area contributed by atoms with Crippen LogP contribution in [-0.2, 0) is 0 Å². The van der Waals surface area contributed by atoms with Crippen LogP contribution in [0.5, 0.6) is 0 Å². The van der Waals surface area contributed by atoms with Gasteiger partial charge in [0.2, 0.25) is 0 Å². The number of carbonyl (C=O) groups is 1. The fourth-order valence-electron chi connectivity index (χ4n) is 2.59. The zero-order chi connectivity index (χ0) is 18.7. The second kappa shape index (κ2) is 7.62. The van der Waals surface area contributed by atoms with Gasteiger partial charge in [0.25, 0.3) is 12.3 Å². The molecule has 132 valence electrons. The van der Waals surface area contributed by atoms with E-state index in [1.807, 2.05) is 0 Å². The maximum absolute atomic E-state index is 13.8. The fourth-order valence-corrected chi connectivity index (χ4v) is 2.71. The van der Waals surface area contributed by atoms with Crippen LogP contribution in [0.2, 0.25) is 5.02 Å². The van der Waals surface area contributed by atoms with Crippen molar-refractivity contribution in [1.29, 1.82) is 0 Å². The highest BCUT2D eigenvalue weighted by Crippen LogP contribution is 2.31. The molecule has 0 bridgehead atoms.